The van der Waals surface area contributed by atoms with Crippen LogP contribution in [0.4, 0.5) is 0 Å². The van der Waals surface area contributed by atoms with Crippen LogP contribution in [0.2, 0.25) is 5.02 Å². The smallest absolute Gasteiger partial charge is 0.274 e. The molecule has 2 aromatic rings. The fourth-order valence-corrected chi connectivity index (χ4v) is 3.45. The van der Waals surface area contributed by atoms with Gasteiger partial charge < -0.3 is 9.64 Å². The molecule has 0 bridgehead atoms. The predicted octanol–water partition coefficient (Wildman–Crippen LogP) is 3.39. The lowest BCUT2D eigenvalue weighted by Crippen LogP contribution is -2.42. The molecule has 5 nitrogen and oxygen atoms in total. The van der Waals surface area contributed by atoms with Gasteiger partial charge in [0.15, 0.2) is 5.69 Å². The Kier molecular flexibility index (Phi) is 3.99. The Morgan fingerprint density at radius 2 is 1.96 bits per heavy atom. The lowest BCUT2D eigenvalue weighted by atomic mass is 9.95. The number of hydrogen-bond acceptors (Lipinski definition) is 3. The quantitative estimate of drug-likeness (QED) is 0.936. The molecule has 2 heterocycles. The number of ether oxygens (including phenoxy) is 1. The minimum absolute atomic E-state index is 0.0272. The van der Waals surface area contributed by atoms with Gasteiger partial charge in [-0.25, -0.2) is 0 Å². The zero-order chi connectivity index (χ0) is 15.8. The lowest BCUT2D eigenvalue weighted by Gasteiger charge is -2.36. The molecule has 122 valence electrons. The highest BCUT2D eigenvalue weighted by Gasteiger charge is 2.29. The van der Waals surface area contributed by atoms with Crippen LogP contribution in [0.15, 0.2) is 18.2 Å². The number of piperidine rings is 1. The summed E-state index contributed by atoms with van der Waals surface area (Å²) < 4.78 is 6.05. The number of benzene rings is 1. The van der Waals surface area contributed by atoms with E-state index >= 15 is 0 Å². The van der Waals surface area contributed by atoms with Crippen molar-refractivity contribution in [2.45, 2.75) is 44.3 Å². The predicted molar refractivity (Wildman–Crippen MR) is 88.8 cm³/mol. The number of carbonyl (C=O) groups excluding carboxylic acids is 1. The third-order valence-electron chi connectivity index (χ3n) is 4.89. The van der Waals surface area contributed by atoms with Gasteiger partial charge in [-0.2, -0.15) is 5.10 Å². The van der Waals surface area contributed by atoms with Gasteiger partial charge in [0.1, 0.15) is 0 Å². The van der Waals surface area contributed by atoms with Gasteiger partial charge in [-0.05, 0) is 50.3 Å². The average Bonchev–Trinajstić information content (AvgIpc) is 2.94. The molecule has 2 fully saturated rings. The lowest BCUT2D eigenvalue weighted by molar-refractivity contribution is -0.0706. The first kappa shape index (κ1) is 15.0. The van der Waals surface area contributed by atoms with Crippen molar-refractivity contribution in [2.75, 3.05) is 13.1 Å². The number of rotatable bonds is 3. The van der Waals surface area contributed by atoms with Crippen molar-refractivity contribution >= 4 is 28.4 Å². The molecule has 0 atom stereocenters. The van der Waals surface area contributed by atoms with Crippen LogP contribution in [-0.2, 0) is 4.74 Å². The summed E-state index contributed by atoms with van der Waals surface area (Å²) in [6.07, 6.45) is 6.25. The summed E-state index contributed by atoms with van der Waals surface area (Å²) in [6, 6.07) is 5.43. The first-order chi connectivity index (χ1) is 11.2. The molecule has 6 heteroatoms. The van der Waals surface area contributed by atoms with Crippen molar-refractivity contribution in [3.8, 4) is 0 Å². The number of aromatic nitrogens is 2. The number of carbonyl (C=O) groups is 1. The van der Waals surface area contributed by atoms with Gasteiger partial charge >= 0.3 is 0 Å². The van der Waals surface area contributed by atoms with Crippen LogP contribution in [0.25, 0.3) is 10.9 Å². The standard InChI is InChI=1S/C17H20ClN3O2/c18-11-4-5-15-14(10-11)16(20-19-15)17(22)21-8-6-13(7-9-21)23-12-2-1-3-12/h4-5,10,12-13H,1-3,6-9H2,(H,19,20). The molecule has 2 aliphatic rings. The van der Waals surface area contributed by atoms with Gasteiger partial charge in [0.05, 0.1) is 17.7 Å². The van der Waals surface area contributed by atoms with E-state index in [0.29, 0.717) is 22.9 Å². The highest BCUT2D eigenvalue weighted by Crippen LogP contribution is 2.27. The molecule has 4 rings (SSSR count). The molecule has 1 N–H and O–H groups in total. The Morgan fingerprint density at radius 3 is 2.65 bits per heavy atom. The molecule has 1 aromatic heterocycles. The van der Waals surface area contributed by atoms with E-state index in [4.69, 9.17) is 16.3 Å². The SMILES string of the molecule is O=C(c1n[nH]c2ccc(Cl)cc12)N1CCC(OC2CCC2)CC1. The van der Waals surface area contributed by atoms with Crippen molar-refractivity contribution in [2.24, 2.45) is 0 Å². The Labute approximate surface area is 139 Å². The van der Waals surface area contributed by atoms with Crippen LogP contribution in [0, 0.1) is 0 Å². The Hall–Kier alpha value is -1.59. The second-order valence-corrected chi connectivity index (χ2v) is 6.88. The highest BCUT2D eigenvalue weighted by molar-refractivity contribution is 6.31. The fraction of sp³-hybridized carbons (Fsp3) is 0.529. The van der Waals surface area contributed by atoms with Crippen molar-refractivity contribution in [3.05, 3.63) is 28.9 Å². The zero-order valence-electron chi connectivity index (χ0n) is 12.9. The number of halogens is 1. The molecule has 1 aromatic carbocycles. The van der Waals surface area contributed by atoms with Gasteiger partial charge in [-0.15, -0.1) is 0 Å². The minimum atomic E-state index is -0.0272. The Balaban J connectivity index is 1.43. The van der Waals surface area contributed by atoms with Crippen LogP contribution in [0.5, 0.6) is 0 Å². The van der Waals surface area contributed by atoms with E-state index in [-0.39, 0.29) is 5.91 Å². The molecule has 0 radical (unpaired) electrons. The van der Waals surface area contributed by atoms with Gasteiger partial charge in [-0.1, -0.05) is 11.6 Å². The minimum Gasteiger partial charge on any atom is -0.375 e. The van der Waals surface area contributed by atoms with Crippen LogP contribution in [0.3, 0.4) is 0 Å². The van der Waals surface area contributed by atoms with Crippen molar-refractivity contribution in [3.63, 3.8) is 0 Å². The van der Waals surface area contributed by atoms with E-state index in [2.05, 4.69) is 10.2 Å². The maximum Gasteiger partial charge on any atom is 0.274 e. The van der Waals surface area contributed by atoms with Gasteiger partial charge in [-0.3, -0.25) is 9.89 Å². The number of fused-ring (bicyclic) bond motifs is 1. The number of likely N-dealkylation sites (tertiary alicyclic amines) is 1. The van der Waals surface area contributed by atoms with Gasteiger partial charge in [0.25, 0.3) is 5.91 Å². The number of hydrogen-bond donors (Lipinski definition) is 1. The van der Waals surface area contributed by atoms with Gasteiger partial charge in [0, 0.05) is 23.5 Å². The molecule has 0 spiro atoms. The summed E-state index contributed by atoms with van der Waals surface area (Å²) in [7, 11) is 0. The van der Waals surface area contributed by atoms with E-state index < -0.39 is 0 Å². The molecular weight excluding hydrogens is 314 g/mol. The second-order valence-electron chi connectivity index (χ2n) is 6.44. The Bertz CT molecular complexity index is 718. The third kappa shape index (κ3) is 2.95. The maximum atomic E-state index is 12.7. The first-order valence-corrected chi connectivity index (χ1v) is 8.67. The zero-order valence-corrected chi connectivity index (χ0v) is 13.7. The normalized spacial score (nSPS) is 20.0. The summed E-state index contributed by atoms with van der Waals surface area (Å²) in [6.45, 7) is 1.45. The number of nitrogens with one attached hydrogen (secondary N) is 1. The summed E-state index contributed by atoms with van der Waals surface area (Å²) in [4.78, 5) is 14.6. The summed E-state index contributed by atoms with van der Waals surface area (Å²) in [5.41, 5.74) is 1.29. The summed E-state index contributed by atoms with van der Waals surface area (Å²) >= 11 is 6.04. The van der Waals surface area contributed by atoms with Gasteiger partial charge in [0.2, 0.25) is 0 Å². The number of aromatic amines is 1. The molecule has 1 saturated carbocycles. The fourth-order valence-electron chi connectivity index (χ4n) is 3.27. The van der Waals surface area contributed by atoms with E-state index in [1.807, 2.05) is 11.0 Å². The van der Waals surface area contributed by atoms with E-state index in [1.54, 1.807) is 12.1 Å². The first-order valence-electron chi connectivity index (χ1n) is 8.29. The van der Waals surface area contributed by atoms with Crippen molar-refractivity contribution in [1.29, 1.82) is 0 Å². The molecule has 1 amide bonds. The molecule has 0 unspecified atom stereocenters. The average molecular weight is 334 g/mol. The molecule has 23 heavy (non-hydrogen) atoms. The summed E-state index contributed by atoms with van der Waals surface area (Å²) in [5.74, 6) is -0.0272. The summed E-state index contributed by atoms with van der Waals surface area (Å²) in [5, 5.41) is 8.50. The van der Waals surface area contributed by atoms with Crippen molar-refractivity contribution < 1.29 is 9.53 Å². The van der Waals surface area contributed by atoms with Crippen LogP contribution in [-0.4, -0.2) is 46.3 Å². The number of nitrogens with zero attached hydrogens (tertiary/aromatic N) is 2. The van der Waals surface area contributed by atoms with Crippen LogP contribution >= 0.6 is 11.6 Å². The van der Waals surface area contributed by atoms with Crippen LogP contribution < -0.4 is 0 Å². The maximum absolute atomic E-state index is 12.7. The molecule has 1 saturated heterocycles. The molecule has 1 aliphatic carbocycles. The second kappa shape index (κ2) is 6.13. The van der Waals surface area contributed by atoms with Crippen molar-refractivity contribution in [1.82, 2.24) is 15.1 Å². The largest absolute Gasteiger partial charge is 0.375 e. The number of H-pyrrole nitrogens is 1. The molecule has 1 aliphatic heterocycles. The van der Waals surface area contributed by atoms with E-state index in [9.17, 15) is 4.79 Å². The topological polar surface area (TPSA) is 58.2 Å². The number of amides is 1. The highest BCUT2D eigenvalue weighted by atomic mass is 35.5. The molecular formula is C17H20ClN3O2. The monoisotopic (exact) mass is 333 g/mol. The van der Waals surface area contributed by atoms with E-state index in [0.717, 1.165) is 36.8 Å². The van der Waals surface area contributed by atoms with Crippen LogP contribution in [0.1, 0.15) is 42.6 Å². The van der Waals surface area contributed by atoms with E-state index in [1.165, 1.54) is 19.3 Å². The third-order valence-corrected chi connectivity index (χ3v) is 5.13. The Morgan fingerprint density at radius 1 is 1.22 bits per heavy atom.